The molecule has 0 unspecified atom stereocenters. The Morgan fingerprint density at radius 3 is 2.28 bits per heavy atom. The van der Waals surface area contributed by atoms with E-state index in [1.54, 1.807) is 30.5 Å². The molecule has 2 aliphatic rings. The van der Waals surface area contributed by atoms with Gasteiger partial charge < -0.3 is 15.2 Å². The fourth-order valence-corrected chi connectivity index (χ4v) is 5.63. The summed E-state index contributed by atoms with van der Waals surface area (Å²) in [5.41, 5.74) is 1.04. The largest absolute Gasteiger partial charge is 0.349 e. The first kappa shape index (κ1) is 25.8. The van der Waals surface area contributed by atoms with E-state index in [0.29, 0.717) is 47.4 Å². The first-order chi connectivity index (χ1) is 18.8. The van der Waals surface area contributed by atoms with E-state index in [2.05, 4.69) is 15.6 Å². The van der Waals surface area contributed by atoms with Gasteiger partial charge in [0, 0.05) is 40.1 Å². The predicted octanol–water partition coefficient (Wildman–Crippen LogP) is 5.80. The summed E-state index contributed by atoms with van der Waals surface area (Å²) in [5, 5.41) is 7.58. The van der Waals surface area contributed by atoms with Gasteiger partial charge in [-0.05, 0) is 74.9 Å². The molecule has 200 valence electrons. The van der Waals surface area contributed by atoms with E-state index in [1.807, 2.05) is 10.6 Å². The van der Waals surface area contributed by atoms with Gasteiger partial charge in [0.1, 0.15) is 17.1 Å². The van der Waals surface area contributed by atoms with Crippen LogP contribution in [0.4, 0.5) is 4.39 Å². The third-order valence-corrected chi connectivity index (χ3v) is 8.07. The lowest BCUT2D eigenvalue weighted by molar-refractivity contribution is 0.0889. The average Bonchev–Trinajstić information content (AvgIpc) is 3.76. The molecule has 2 fully saturated rings. The molecule has 2 heterocycles. The first-order valence-corrected chi connectivity index (χ1v) is 13.7. The van der Waals surface area contributed by atoms with Crippen molar-refractivity contribution in [1.82, 2.24) is 20.2 Å². The molecule has 10 heteroatoms. The standard InChI is InChI=1S/C29H25Cl2FN4O3/c30-16-2-10-24-15(11-16)1-9-25(35-24)29(39)34-18-5-3-17(4-6-18)33-28(38)21-14-36(19-7-8-19)26-13-22(31)23(32)12-20(26)27(21)37/h1-2,9-14,17-19H,3-8H2,(H,33,38)(H,34,39)/t17-,18-. The van der Waals surface area contributed by atoms with E-state index in [1.165, 1.54) is 6.07 Å². The highest BCUT2D eigenvalue weighted by Crippen LogP contribution is 2.37. The van der Waals surface area contributed by atoms with Gasteiger partial charge in [0.25, 0.3) is 11.8 Å². The molecule has 2 aromatic heterocycles. The van der Waals surface area contributed by atoms with Crippen molar-refractivity contribution in [3.05, 3.63) is 86.0 Å². The molecule has 39 heavy (non-hydrogen) atoms. The summed E-state index contributed by atoms with van der Waals surface area (Å²) in [6.07, 6.45) is 6.06. The third-order valence-electron chi connectivity index (χ3n) is 7.54. The lowest BCUT2D eigenvalue weighted by Gasteiger charge is -2.29. The number of fused-ring (bicyclic) bond motifs is 2. The highest BCUT2D eigenvalue weighted by molar-refractivity contribution is 6.31. The number of carbonyl (C=O) groups excluding carboxylic acids is 2. The van der Waals surface area contributed by atoms with Crippen LogP contribution in [0.1, 0.15) is 65.4 Å². The Hall–Kier alpha value is -3.49. The molecule has 0 bridgehead atoms. The zero-order valence-electron chi connectivity index (χ0n) is 20.8. The van der Waals surface area contributed by atoms with Crippen LogP contribution in [0, 0.1) is 5.82 Å². The SMILES string of the molecule is O=C(N[C@H]1CC[C@H](NC(=O)c2cn(C3CC3)c3cc(Cl)c(F)cc3c2=O)CC1)c1ccc2cc(Cl)ccc2n1. The second-order valence-electron chi connectivity index (χ2n) is 10.3. The average molecular weight is 567 g/mol. The van der Waals surface area contributed by atoms with Crippen LogP contribution in [-0.4, -0.2) is 33.4 Å². The van der Waals surface area contributed by atoms with E-state index >= 15 is 0 Å². The van der Waals surface area contributed by atoms with Crippen LogP contribution in [0.15, 0.2) is 53.5 Å². The van der Waals surface area contributed by atoms with Crippen LogP contribution in [0.2, 0.25) is 10.0 Å². The van der Waals surface area contributed by atoms with Gasteiger partial charge in [-0.1, -0.05) is 29.3 Å². The van der Waals surface area contributed by atoms with Crippen LogP contribution in [0.3, 0.4) is 0 Å². The number of hydrogen-bond donors (Lipinski definition) is 2. The monoisotopic (exact) mass is 566 g/mol. The summed E-state index contributed by atoms with van der Waals surface area (Å²) in [6.45, 7) is 0. The molecule has 2 amide bonds. The maximum atomic E-state index is 14.2. The number of rotatable bonds is 5. The van der Waals surface area contributed by atoms with E-state index < -0.39 is 17.2 Å². The minimum atomic E-state index is -0.690. The maximum Gasteiger partial charge on any atom is 0.270 e. The number of pyridine rings is 2. The Kier molecular flexibility index (Phi) is 6.77. The number of carbonyl (C=O) groups is 2. The lowest BCUT2D eigenvalue weighted by atomic mass is 9.91. The van der Waals surface area contributed by atoms with Gasteiger partial charge in [0.15, 0.2) is 0 Å². The van der Waals surface area contributed by atoms with Crippen molar-refractivity contribution in [2.45, 2.75) is 56.7 Å². The Morgan fingerprint density at radius 2 is 1.59 bits per heavy atom. The summed E-state index contributed by atoms with van der Waals surface area (Å²) < 4.78 is 16.0. The second kappa shape index (κ2) is 10.2. The molecule has 2 aromatic carbocycles. The van der Waals surface area contributed by atoms with E-state index in [-0.39, 0.29) is 40.0 Å². The van der Waals surface area contributed by atoms with Crippen molar-refractivity contribution in [2.24, 2.45) is 0 Å². The minimum Gasteiger partial charge on any atom is -0.349 e. The molecule has 0 aliphatic heterocycles. The molecule has 2 saturated carbocycles. The number of aromatic nitrogens is 2. The number of nitrogens with zero attached hydrogens (tertiary/aromatic N) is 2. The zero-order chi connectivity index (χ0) is 27.3. The van der Waals surface area contributed by atoms with Crippen LogP contribution in [0.25, 0.3) is 21.8 Å². The lowest BCUT2D eigenvalue weighted by Crippen LogP contribution is -2.44. The first-order valence-electron chi connectivity index (χ1n) is 13.0. The van der Waals surface area contributed by atoms with Gasteiger partial charge in [-0.3, -0.25) is 14.4 Å². The second-order valence-corrected chi connectivity index (χ2v) is 11.2. The van der Waals surface area contributed by atoms with Gasteiger partial charge in [-0.25, -0.2) is 9.37 Å². The Balaban J connectivity index is 1.11. The fourth-order valence-electron chi connectivity index (χ4n) is 5.29. The van der Waals surface area contributed by atoms with E-state index in [4.69, 9.17) is 23.2 Å². The minimum absolute atomic E-state index is 0.00443. The molecule has 0 saturated heterocycles. The Bertz CT molecular complexity index is 1690. The molecular formula is C29H25Cl2FN4O3. The highest BCUT2D eigenvalue weighted by atomic mass is 35.5. The van der Waals surface area contributed by atoms with Crippen molar-refractivity contribution < 1.29 is 14.0 Å². The molecule has 2 N–H and O–H groups in total. The molecule has 7 nitrogen and oxygen atoms in total. The normalized spacial score (nSPS) is 19.3. The Morgan fingerprint density at radius 1 is 0.897 bits per heavy atom. The molecule has 2 aliphatic carbocycles. The van der Waals surface area contributed by atoms with Gasteiger partial charge in [-0.15, -0.1) is 0 Å². The van der Waals surface area contributed by atoms with E-state index in [9.17, 15) is 18.8 Å². The molecule has 6 rings (SSSR count). The van der Waals surface area contributed by atoms with Crippen LogP contribution < -0.4 is 16.1 Å². The summed E-state index contributed by atoms with van der Waals surface area (Å²) in [5.74, 6) is -1.41. The number of nitrogens with one attached hydrogen (secondary N) is 2. The number of amides is 2. The smallest absolute Gasteiger partial charge is 0.270 e. The summed E-state index contributed by atoms with van der Waals surface area (Å²) in [7, 11) is 0. The van der Waals surface area contributed by atoms with Gasteiger partial charge >= 0.3 is 0 Å². The summed E-state index contributed by atoms with van der Waals surface area (Å²) in [6, 6.07) is 11.4. The summed E-state index contributed by atoms with van der Waals surface area (Å²) >= 11 is 12.0. The van der Waals surface area contributed by atoms with Crippen LogP contribution in [0.5, 0.6) is 0 Å². The number of halogens is 3. The van der Waals surface area contributed by atoms with Crippen molar-refractivity contribution in [3.8, 4) is 0 Å². The van der Waals surface area contributed by atoms with Crippen LogP contribution >= 0.6 is 23.2 Å². The van der Waals surface area contributed by atoms with Crippen molar-refractivity contribution >= 4 is 56.8 Å². The predicted molar refractivity (Wildman–Crippen MR) is 149 cm³/mol. The molecule has 4 aromatic rings. The van der Waals surface area contributed by atoms with Crippen molar-refractivity contribution in [3.63, 3.8) is 0 Å². The molecule has 0 radical (unpaired) electrons. The fraction of sp³-hybridized carbons (Fsp3) is 0.310. The zero-order valence-corrected chi connectivity index (χ0v) is 22.4. The van der Waals surface area contributed by atoms with Gasteiger partial charge in [-0.2, -0.15) is 0 Å². The quantitative estimate of drug-likeness (QED) is 0.319. The molecule has 0 spiro atoms. The molecular weight excluding hydrogens is 542 g/mol. The highest BCUT2D eigenvalue weighted by Gasteiger charge is 2.29. The number of hydrogen-bond acceptors (Lipinski definition) is 4. The number of benzene rings is 2. The topological polar surface area (TPSA) is 93.1 Å². The maximum absolute atomic E-state index is 14.2. The van der Waals surface area contributed by atoms with Crippen molar-refractivity contribution in [1.29, 1.82) is 0 Å². The van der Waals surface area contributed by atoms with Crippen molar-refractivity contribution in [2.75, 3.05) is 0 Å². The van der Waals surface area contributed by atoms with Gasteiger partial charge in [0.05, 0.1) is 16.1 Å². The van der Waals surface area contributed by atoms with Crippen LogP contribution in [-0.2, 0) is 0 Å². The third kappa shape index (κ3) is 5.23. The summed E-state index contributed by atoms with van der Waals surface area (Å²) in [4.78, 5) is 43.6. The molecule has 0 atom stereocenters. The van der Waals surface area contributed by atoms with E-state index in [0.717, 1.165) is 24.3 Å². The Labute approximate surface area is 233 Å². The van der Waals surface area contributed by atoms with Gasteiger partial charge in [0.2, 0.25) is 5.43 Å².